The van der Waals surface area contributed by atoms with Gasteiger partial charge in [-0.05, 0) is 68.8 Å². The van der Waals surface area contributed by atoms with Crippen molar-refractivity contribution in [2.24, 2.45) is 0 Å². The zero-order chi connectivity index (χ0) is 26.2. The minimum atomic E-state index is 0.584. The highest BCUT2D eigenvalue weighted by Gasteiger charge is 2.02. The molecule has 2 nitrogen and oxygen atoms in total. The molecule has 0 amide bonds. The van der Waals surface area contributed by atoms with Crippen LogP contribution in [0.2, 0.25) is 0 Å². The molecule has 0 aromatic heterocycles. The van der Waals surface area contributed by atoms with Gasteiger partial charge in [0.2, 0.25) is 0 Å². The van der Waals surface area contributed by atoms with Crippen LogP contribution in [0.15, 0.2) is 130 Å². The maximum atomic E-state index is 5.95. The lowest BCUT2D eigenvalue weighted by Crippen LogP contribution is -1.97. The molecule has 0 saturated carbocycles. The van der Waals surface area contributed by atoms with E-state index in [0.717, 1.165) is 20.1 Å². The van der Waals surface area contributed by atoms with Crippen LogP contribution in [0.3, 0.4) is 0 Å². The summed E-state index contributed by atoms with van der Waals surface area (Å²) in [6, 6.07) is 42.3. The van der Waals surface area contributed by atoms with Gasteiger partial charge in [0.25, 0.3) is 0 Å². The Labute approximate surface area is 241 Å². The van der Waals surface area contributed by atoms with Crippen molar-refractivity contribution in [1.82, 2.24) is 0 Å². The third-order valence-corrected chi connectivity index (χ3v) is 7.42. The van der Waals surface area contributed by atoms with E-state index in [-0.39, 0.29) is 0 Å². The van der Waals surface area contributed by atoms with Crippen LogP contribution in [0.5, 0.6) is 0 Å². The number of halogens is 2. The van der Waals surface area contributed by atoms with Gasteiger partial charge in [-0.25, -0.2) is 0 Å². The number of benzene rings is 5. The molecular weight excluding hydrogens is 600 g/mol. The highest BCUT2D eigenvalue weighted by atomic mass is 79.9. The van der Waals surface area contributed by atoms with Gasteiger partial charge in [-0.1, -0.05) is 129 Å². The summed E-state index contributed by atoms with van der Waals surface area (Å²) in [7, 11) is 0. The molecule has 0 saturated heterocycles. The molecule has 5 rings (SSSR count). The third-order valence-electron chi connectivity index (χ3n) is 6.36. The summed E-state index contributed by atoms with van der Waals surface area (Å²) in [5.41, 5.74) is 9.47. The van der Waals surface area contributed by atoms with Gasteiger partial charge >= 0.3 is 0 Å². The lowest BCUT2D eigenvalue weighted by Gasteiger charge is -2.09. The molecule has 0 fully saturated rings. The van der Waals surface area contributed by atoms with Crippen molar-refractivity contribution >= 4 is 31.9 Å². The van der Waals surface area contributed by atoms with Gasteiger partial charge in [-0.2, -0.15) is 0 Å². The van der Waals surface area contributed by atoms with E-state index >= 15 is 0 Å². The quantitative estimate of drug-likeness (QED) is 0.153. The predicted octanol–water partition coefficient (Wildman–Crippen LogP) is 9.98. The Balaban J connectivity index is 1.04. The first kappa shape index (κ1) is 26.6. The van der Waals surface area contributed by atoms with Crippen LogP contribution in [0.25, 0.3) is 22.3 Å². The summed E-state index contributed by atoms with van der Waals surface area (Å²) in [6.45, 7) is 2.35. The lowest BCUT2D eigenvalue weighted by atomic mass is 10.0. The van der Waals surface area contributed by atoms with Crippen LogP contribution >= 0.6 is 31.9 Å². The van der Waals surface area contributed by atoms with Crippen LogP contribution in [-0.2, 0) is 35.9 Å². The predicted molar refractivity (Wildman–Crippen MR) is 163 cm³/mol. The summed E-state index contributed by atoms with van der Waals surface area (Å²) >= 11 is 6.97. The Kier molecular flexibility index (Phi) is 9.21. The summed E-state index contributed by atoms with van der Waals surface area (Å²) < 4.78 is 14.1. The Bertz CT molecular complexity index is 1310. The second kappa shape index (κ2) is 13.2. The van der Waals surface area contributed by atoms with Crippen molar-refractivity contribution in [2.75, 3.05) is 0 Å². The van der Waals surface area contributed by atoms with Gasteiger partial charge in [0.05, 0.1) is 26.4 Å². The maximum Gasteiger partial charge on any atom is 0.0721 e. The molecule has 0 aliphatic heterocycles. The average Bonchev–Trinajstić information content (AvgIpc) is 2.96. The van der Waals surface area contributed by atoms with Crippen LogP contribution in [0, 0.1) is 0 Å². The highest BCUT2D eigenvalue weighted by molar-refractivity contribution is 9.10. The van der Waals surface area contributed by atoms with Crippen molar-refractivity contribution in [2.45, 2.75) is 26.4 Å². The molecular formula is C34H28Br2O2. The Hall–Kier alpha value is -3.02. The summed E-state index contributed by atoms with van der Waals surface area (Å²) in [4.78, 5) is 0. The molecule has 0 N–H and O–H groups in total. The number of rotatable bonds is 10. The first-order chi connectivity index (χ1) is 18.6. The van der Waals surface area contributed by atoms with Crippen LogP contribution in [-0.4, -0.2) is 0 Å². The monoisotopic (exact) mass is 626 g/mol. The standard InChI is InChI=1S/C34H28Br2O2/c35-33-17-13-31(14-18-33)29-9-5-27(6-10-29)23-37-21-25-1-2-26(4-3-25)22-38-24-28-7-11-30(12-8-28)32-15-19-34(36)20-16-32/h1-20H,21-24H2. The van der Waals surface area contributed by atoms with E-state index in [1.807, 2.05) is 0 Å². The van der Waals surface area contributed by atoms with Gasteiger partial charge < -0.3 is 9.47 Å². The number of hydrogen-bond acceptors (Lipinski definition) is 2. The van der Waals surface area contributed by atoms with Crippen molar-refractivity contribution in [3.8, 4) is 22.3 Å². The van der Waals surface area contributed by atoms with Crippen molar-refractivity contribution in [3.05, 3.63) is 153 Å². The summed E-state index contributed by atoms with van der Waals surface area (Å²) in [5.74, 6) is 0. The van der Waals surface area contributed by atoms with Crippen LogP contribution < -0.4 is 0 Å². The highest BCUT2D eigenvalue weighted by Crippen LogP contribution is 2.24. The van der Waals surface area contributed by atoms with E-state index in [1.165, 1.54) is 33.4 Å². The summed E-state index contributed by atoms with van der Waals surface area (Å²) in [6.07, 6.45) is 0. The third kappa shape index (κ3) is 7.52. The average molecular weight is 628 g/mol. The molecule has 190 valence electrons. The zero-order valence-electron chi connectivity index (χ0n) is 20.9. The molecule has 0 aliphatic rings. The van der Waals surface area contributed by atoms with E-state index in [1.54, 1.807) is 0 Å². The minimum Gasteiger partial charge on any atom is -0.372 e. The Morgan fingerprint density at radius 2 is 0.526 bits per heavy atom. The normalized spacial score (nSPS) is 11.0. The molecule has 0 unspecified atom stereocenters. The molecule has 5 aromatic carbocycles. The second-order valence-corrected chi connectivity index (χ2v) is 11.0. The van der Waals surface area contributed by atoms with E-state index in [4.69, 9.17) is 9.47 Å². The molecule has 0 aliphatic carbocycles. The number of hydrogen-bond donors (Lipinski definition) is 0. The summed E-state index contributed by atoms with van der Waals surface area (Å²) in [5, 5.41) is 0. The molecule has 0 radical (unpaired) electrons. The Morgan fingerprint density at radius 1 is 0.316 bits per heavy atom. The van der Waals surface area contributed by atoms with E-state index < -0.39 is 0 Å². The van der Waals surface area contributed by atoms with Gasteiger partial charge in [0.15, 0.2) is 0 Å². The zero-order valence-corrected chi connectivity index (χ0v) is 24.1. The molecule has 0 heterocycles. The van der Waals surface area contributed by atoms with Gasteiger partial charge in [0.1, 0.15) is 0 Å². The SMILES string of the molecule is Brc1ccc(-c2ccc(COCc3ccc(COCc4ccc(-c5ccc(Br)cc5)cc4)cc3)cc2)cc1. The van der Waals surface area contributed by atoms with E-state index in [9.17, 15) is 0 Å². The molecule has 4 heteroatoms. The van der Waals surface area contributed by atoms with Gasteiger partial charge in [0, 0.05) is 8.95 Å². The topological polar surface area (TPSA) is 18.5 Å². The smallest absolute Gasteiger partial charge is 0.0721 e. The largest absolute Gasteiger partial charge is 0.372 e. The fourth-order valence-corrected chi connectivity index (χ4v) is 4.71. The van der Waals surface area contributed by atoms with E-state index in [0.29, 0.717) is 26.4 Å². The first-order valence-electron chi connectivity index (χ1n) is 12.6. The van der Waals surface area contributed by atoms with Gasteiger partial charge in [-0.3, -0.25) is 0 Å². The van der Waals surface area contributed by atoms with Crippen molar-refractivity contribution in [1.29, 1.82) is 0 Å². The fourth-order valence-electron chi connectivity index (χ4n) is 4.18. The van der Waals surface area contributed by atoms with Crippen LogP contribution in [0.1, 0.15) is 22.3 Å². The van der Waals surface area contributed by atoms with Crippen LogP contribution in [0.4, 0.5) is 0 Å². The molecule has 0 spiro atoms. The molecule has 0 bridgehead atoms. The van der Waals surface area contributed by atoms with Gasteiger partial charge in [-0.15, -0.1) is 0 Å². The molecule has 5 aromatic rings. The first-order valence-corrected chi connectivity index (χ1v) is 14.1. The molecule has 0 atom stereocenters. The minimum absolute atomic E-state index is 0.584. The maximum absolute atomic E-state index is 5.95. The van der Waals surface area contributed by atoms with Crippen molar-refractivity contribution in [3.63, 3.8) is 0 Å². The fraction of sp³-hybridized carbons (Fsp3) is 0.118. The second-order valence-electron chi connectivity index (χ2n) is 9.21. The van der Waals surface area contributed by atoms with E-state index in [2.05, 4.69) is 153 Å². The lowest BCUT2D eigenvalue weighted by molar-refractivity contribution is 0.105. The number of ether oxygens (including phenoxy) is 2. The Morgan fingerprint density at radius 3 is 0.789 bits per heavy atom. The van der Waals surface area contributed by atoms with Crippen molar-refractivity contribution < 1.29 is 9.47 Å². The molecule has 38 heavy (non-hydrogen) atoms.